The highest BCUT2D eigenvalue weighted by Gasteiger charge is 2.34. The van der Waals surface area contributed by atoms with Crippen LogP contribution >= 0.6 is 11.3 Å². The maximum Gasteiger partial charge on any atom is 0.401 e. The van der Waals surface area contributed by atoms with E-state index in [0.717, 1.165) is 13.0 Å². The molecule has 2 unspecified atom stereocenters. The number of aryl methyl sites for hydroxylation is 2. The molecule has 0 bridgehead atoms. The van der Waals surface area contributed by atoms with Crippen LogP contribution in [-0.4, -0.2) is 37.3 Å². The Morgan fingerprint density at radius 2 is 2.14 bits per heavy atom. The topological polar surface area (TPSA) is 15.3 Å². The maximum absolute atomic E-state index is 12.4. The Morgan fingerprint density at radius 3 is 2.71 bits per heavy atom. The lowest BCUT2D eigenvalue weighted by molar-refractivity contribution is -0.143. The van der Waals surface area contributed by atoms with Crippen molar-refractivity contribution in [2.45, 2.75) is 39.4 Å². The molecule has 1 aliphatic rings. The molecule has 0 radical (unpaired) electrons. The van der Waals surface area contributed by atoms with Gasteiger partial charge in [-0.15, -0.1) is 11.3 Å². The standard InChI is InChI=1S/C15H23F3N2S/c1-10-6-14(12(3)21-10)11(2)19-7-13-4-5-20(8-13)9-15(16,17)18/h6,11,13,19H,4-5,7-9H2,1-3H3. The van der Waals surface area contributed by atoms with Crippen molar-refractivity contribution in [3.05, 3.63) is 21.4 Å². The first-order valence-electron chi connectivity index (χ1n) is 7.34. The molecule has 1 N–H and O–H groups in total. The summed E-state index contributed by atoms with van der Waals surface area (Å²) < 4.78 is 37.1. The van der Waals surface area contributed by atoms with E-state index in [1.807, 2.05) is 0 Å². The molecule has 1 saturated heterocycles. The Balaban J connectivity index is 1.78. The second-order valence-corrected chi connectivity index (χ2v) is 7.46. The summed E-state index contributed by atoms with van der Waals surface area (Å²) in [6.07, 6.45) is -3.24. The molecule has 0 amide bonds. The second kappa shape index (κ2) is 6.67. The minimum Gasteiger partial charge on any atom is -0.310 e. The van der Waals surface area contributed by atoms with Crippen molar-refractivity contribution in [1.82, 2.24) is 10.2 Å². The predicted molar refractivity (Wildman–Crippen MR) is 80.8 cm³/mol. The lowest BCUT2D eigenvalue weighted by atomic mass is 10.1. The summed E-state index contributed by atoms with van der Waals surface area (Å²) in [7, 11) is 0. The smallest absolute Gasteiger partial charge is 0.310 e. The summed E-state index contributed by atoms with van der Waals surface area (Å²) in [6, 6.07) is 2.45. The van der Waals surface area contributed by atoms with E-state index in [2.05, 4.69) is 32.2 Å². The van der Waals surface area contributed by atoms with E-state index in [4.69, 9.17) is 0 Å². The first-order valence-corrected chi connectivity index (χ1v) is 8.15. The number of hydrogen-bond donors (Lipinski definition) is 1. The number of halogens is 3. The summed E-state index contributed by atoms with van der Waals surface area (Å²) in [5.74, 6) is 0.315. The fourth-order valence-corrected chi connectivity index (χ4v) is 4.03. The van der Waals surface area contributed by atoms with Crippen LogP contribution in [0.1, 0.15) is 34.7 Å². The van der Waals surface area contributed by atoms with Gasteiger partial charge in [-0.1, -0.05) is 0 Å². The van der Waals surface area contributed by atoms with Crippen LogP contribution in [0.15, 0.2) is 6.07 Å². The third kappa shape index (κ3) is 4.97. The van der Waals surface area contributed by atoms with Gasteiger partial charge in [0.2, 0.25) is 0 Å². The molecule has 1 aromatic rings. The predicted octanol–water partition coefficient (Wildman–Crippen LogP) is 3.90. The number of nitrogens with one attached hydrogen (secondary N) is 1. The number of nitrogens with zero attached hydrogens (tertiary/aromatic N) is 1. The third-order valence-corrected chi connectivity index (χ3v) is 5.01. The van der Waals surface area contributed by atoms with Crippen molar-refractivity contribution in [2.75, 3.05) is 26.2 Å². The van der Waals surface area contributed by atoms with Crippen molar-refractivity contribution in [1.29, 1.82) is 0 Å². The van der Waals surface area contributed by atoms with E-state index in [1.165, 1.54) is 20.2 Å². The van der Waals surface area contributed by atoms with Gasteiger partial charge in [0.1, 0.15) is 0 Å². The van der Waals surface area contributed by atoms with Crippen molar-refractivity contribution in [2.24, 2.45) is 5.92 Å². The molecular formula is C15H23F3N2S. The van der Waals surface area contributed by atoms with Gasteiger partial charge in [-0.25, -0.2) is 0 Å². The summed E-state index contributed by atoms with van der Waals surface area (Å²) in [5.41, 5.74) is 1.31. The number of rotatable bonds is 5. The Kier molecular flexibility index (Phi) is 5.33. The summed E-state index contributed by atoms with van der Waals surface area (Å²) in [4.78, 5) is 4.13. The van der Waals surface area contributed by atoms with Gasteiger partial charge in [-0.05, 0) is 57.8 Å². The SMILES string of the molecule is Cc1cc(C(C)NCC2CCN(CC(F)(F)F)C2)c(C)s1. The minimum atomic E-state index is -4.08. The van der Waals surface area contributed by atoms with Gasteiger partial charge in [-0.2, -0.15) is 13.2 Å². The van der Waals surface area contributed by atoms with E-state index in [0.29, 0.717) is 19.0 Å². The van der Waals surface area contributed by atoms with E-state index in [-0.39, 0.29) is 6.04 Å². The van der Waals surface area contributed by atoms with Crippen molar-refractivity contribution in [3.63, 3.8) is 0 Å². The van der Waals surface area contributed by atoms with E-state index in [9.17, 15) is 13.2 Å². The molecule has 0 aromatic carbocycles. The number of likely N-dealkylation sites (tertiary alicyclic amines) is 1. The van der Waals surface area contributed by atoms with Crippen molar-refractivity contribution >= 4 is 11.3 Å². The maximum atomic E-state index is 12.4. The molecule has 120 valence electrons. The average molecular weight is 320 g/mol. The van der Waals surface area contributed by atoms with Crippen LogP contribution in [0.4, 0.5) is 13.2 Å². The van der Waals surface area contributed by atoms with Crippen molar-refractivity contribution < 1.29 is 13.2 Å². The molecular weight excluding hydrogens is 297 g/mol. The van der Waals surface area contributed by atoms with Gasteiger partial charge in [-0.3, -0.25) is 4.90 Å². The van der Waals surface area contributed by atoms with Gasteiger partial charge >= 0.3 is 6.18 Å². The zero-order valence-electron chi connectivity index (χ0n) is 12.8. The molecule has 0 aliphatic carbocycles. The first kappa shape index (κ1) is 16.8. The molecule has 0 spiro atoms. The molecule has 1 aliphatic heterocycles. The van der Waals surface area contributed by atoms with Crippen LogP contribution in [0.25, 0.3) is 0 Å². The van der Waals surface area contributed by atoms with E-state index >= 15 is 0 Å². The van der Waals surface area contributed by atoms with Crippen LogP contribution in [-0.2, 0) is 0 Å². The molecule has 21 heavy (non-hydrogen) atoms. The van der Waals surface area contributed by atoms with Gasteiger partial charge in [0, 0.05) is 22.3 Å². The summed E-state index contributed by atoms with van der Waals surface area (Å²) in [5, 5.41) is 3.48. The second-order valence-electron chi connectivity index (χ2n) is 6.00. The minimum absolute atomic E-state index is 0.256. The van der Waals surface area contributed by atoms with E-state index < -0.39 is 12.7 Å². The highest BCUT2D eigenvalue weighted by Crippen LogP contribution is 2.27. The Bertz CT molecular complexity index is 470. The highest BCUT2D eigenvalue weighted by atomic mass is 32.1. The fraction of sp³-hybridized carbons (Fsp3) is 0.733. The Labute approximate surface area is 128 Å². The number of hydrogen-bond acceptors (Lipinski definition) is 3. The molecule has 0 saturated carbocycles. The normalized spacial score (nSPS) is 21.9. The van der Waals surface area contributed by atoms with Crippen LogP contribution < -0.4 is 5.32 Å². The van der Waals surface area contributed by atoms with Gasteiger partial charge in [0.05, 0.1) is 6.54 Å². The monoisotopic (exact) mass is 320 g/mol. The van der Waals surface area contributed by atoms with Crippen LogP contribution in [0.2, 0.25) is 0 Å². The summed E-state index contributed by atoms with van der Waals surface area (Å²) in [6.45, 7) is 7.44. The first-order chi connectivity index (χ1) is 9.74. The molecule has 2 rings (SSSR count). The molecule has 6 heteroatoms. The molecule has 2 nitrogen and oxygen atoms in total. The molecule has 1 aromatic heterocycles. The fourth-order valence-electron chi connectivity index (χ4n) is 3.01. The largest absolute Gasteiger partial charge is 0.401 e. The summed E-state index contributed by atoms with van der Waals surface area (Å²) >= 11 is 1.79. The highest BCUT2D eigenvalue weighted by molar-refractivity contribution is 7.12. The Hall–Kier alpha value is -0.590. The third-order valence-electron chi connectivity index (χ3n) is 4.03. The average Bonchev–Trinajstić information content (AvgIpc) is 2.91. The van der Waals surface area contributed by atoms with Crippen LogP contribution in [0.3, 0.4) is 0 Å². The van der Waals surface area contributed by atoms with Gasteiger partial charge < -0.3 is 5.32 Å². The zero-order chi connectivity index (χ0) is 15.6. The van der Waals surface area contributed by atoms with Gasteiger partial charge in [0.15, 0.2) is 0 Å². The van der Waals surface area contributed by atoms with Crippen molar-refractivity contribution in [3.8, 4) is 0 Å². The van der Waals surface area contributed by atoms with Crippen LogP contribution in [0.5, 0.6) is 0 Å². The zero-order valence-corrected chi connectivity index (χ0v) is 13.6. The lowest BCUT2D eigenvalue weighted by Gasteiger charge is -2.19. The molecule has 2 heterocycles. The van der Waals surface area contributed by atoms with Gasteiger partial charge in [0.25, 0.3) is 0 Å². The van der Waals surface area contributed by atoms with Crippen LogP contribution in [0, 0.1) is 19.8 Å². The van der Waals surface area contributed by atoms with E-state index in [1.54, 1.807) is 11.3 Å². The lowest BCUT2D eigenvalue weighted by Crippen LogP contribution is -2.34. The Morgan fingerprint density at radius 1 is 1.43 bits per heavy atom. The number of thiophene rings is 1. The molecule has 2 atom stereocenters. The number of alkyl halides is 3. The quantitative estimate of drug-likeness (QED) is 0.885. The molecule has 1 fully saturated rings.